The highest BCUT2D eigenvalue weighted by molar-refractivity contribution is 7.46. The van der Waals surface area contributed by atoms with Crippen molar-refractivity contribution in [3.63, 3.8) is 0 Å². The number of phosphoric ester groups is 1. The van der Waals surface area contributed by atoms with Crippen molar-refractivity contribution in [2.75, 3.05) is 26.4 Å². The van der Waals surface area contributed by atoms with E-state index in [1.54, 1.807) is 0 Å². The first kappa shape index (κ1) is 118. The fourth-order valence-electron chi connectivity index (χ4n) is 15.3. The summed E-state index contributed by atoms with van der Waals surface area (Å²) in [6.07, 6.45) is 44.9. The first-order valence-corrected chi connectivity index (χ1v) is 51.3. The number of rotatable bonds is 92. The van der Waals surface area contributed by atoms with Gasteiger partial charge in [0.05, 0.1) is 63.3 Å². The van der Waals surface area contributed by atoms with E-state index in [9.17, 15) is 68.7 Å². The highest BCUT2D eigenvalue weighted by Gasteiger charge is 2.37. The largest absolute Gasteiger partial charge is 0.469 e. The molecule has 716 valence electrons. The average Bonchev–Trinajstić information content (AvgIpc) is 0.851. The standard InChI is InChI=1S/C96H185N2O22P/c1-9-15-21-27-33-39-40-46-52-58-64-70-92(106)117-84(68-62-56-50-44-37-31-25-19-13-5)74-94(108)114-77-86(98-90(104)73-83(67-61-55-49-43-36-30-24-18-12-4)116-91(105)69-63-57-51-45-38-32-26-20-14-6)96(119-87(75-99)80(8)120-121(110,111)112)115-78-88(79(7)100)118-95(109)85(97-89(103)71-81(101)65-59-53-47-41-34-28-22-16-10-2)76-113-93(107)72-82(102)66-60-54-48-42-35-29-23-17-11-3/h79-88,95-96,99-102,109H,9-78H2,1-8H3,(H,97,103)(H,98,104)(H2,110,111,112)/t79-,80-,81+,82+,83+,84+,85-,86-,87?,88?,95?,96+/m0/s1. The molecule has 0 aromatic rings. The van der Waals surface area contributed by atoms with E-state index < -0.39 is 143 Å². The van der Waals surface area contributed by atoms with E-state index in [0.29, 0.717) is 64.2 Å². The van der Waals surface area contributed by atoms with Crippen LogP contribution in [0.25, 0.3) is 0 Å². The molecular weight excluding hydrogens is 1560 g/mol. The number of ether oxygens (including phenoxy) is 7. The number of hydrogen-bond donors (Lipinski definition) is 9. The van der Waals surface area contributed by atoms with Crippen LogP contribution in [0.4, 0.5) is 0 Å². The molecule has 0 heterocycles. The summed E-state index contributed by atoms with van der Waals surface area (Å²) >= 11 is 0. The van der Waals surface area contributed by atoms with Crippen LogP contribution < -0.4 is 10.6 Å². The molecule has 25 heteroatoms. The van der Waals surface area contributed by atoms with Crippen LogP contribution in [-0.4, -0.2) is 171 Å². The summed E-state index contributed by atoms with van der Waals surface area (Å²) in [5.41, 5.74) is 0. The lowest BCUT2D eigenvalue weighted by Gasteiger charge is -2.35. The molecule has 0 saturated carbocycles. The van der Waals surface area contributed by atoms with Crippen LogP contribution in [0.3, 0.4) is 0 Å². The number of carbonyl (C=O) groups excluding carboxylic acids is 6. The third-order valence-corrected chi connectivity index (χ3v) is 23.7. The maximum Gasteiger partial charge on any atom is 0.469 e. The average molecular weight is 1750 g/mol. The Balaban J connectivity index is 7.74. The second kappa shape index (κ2) is 83.5. The van der Waals surface area contributed by atoms with E-state index in [1.165, 1.54) is 155 Å². The van der Waals surface area contributed by atoms with Crippen molar-refractivity contribution in [2.24, 2.45) is 0 Å². The SMILES string of the molecule is CCCCCCCCCCCCCC(=O)O[C@H](CCCCCCCCCCC)CC(=O)OC[C@H](NC(=O)C[C@@H](CCCCCCCCCCC)OC(=O)CCCCCCCCCCC)[C@H](OCC(OC(O)[C@H](COC(=O)C[C@H](O)CCCCCCCCCCC)NC(=O)C[C@H](O)CCCCCCCCCCC)[C@H](C)O)OC(CO)[C@H](C)OP(=O)(O)O. The zero-order valence-corrected chi connectivity index (χ0v) is 79.0. The molecule has 0 aromatic heterocycles. The number of unbranched alkanes of at least 4 members (excludes halogenated alkanes) is 50. The molecule has 0 aliphatic rings. The summed E-state index contributed by atoms with van der Waals surface area (Å²) < 4.78 is 60.3. The van der Waals surface area contributed by atoms with Crippen molar-refractivity contribution >= 4 is 43.5 Å². The minimum Gasteiger partial charge on any atom is -0.463 e. The summed E-state index contributed by atoms with van der Waals surface area (Å²) in [6.45, 7) is 12.5. The molecule has 24 nitrogen and oxygen atoms in total. The zero-order valence-electron chi connectivity index (χ0n) is 78.1. The predicted octanol–water partition coefficient (Wildman–Crippen LogP) is 21.8. The van der Waals surface area contributed by atoms with Gasteiger partial charge in [-0.1, -0.05) is 375 Å². The molecule has 0 rings (SSSR count). The first-order valence-electron chi connectivity index (χ1n) is 49.7. The second-order valence-corrected chi connectivity index (χ2v) is 36.3. The molecule has 121 heavy (non-hydrogen) atoms. The maximum absolute atomic E-state index is 15.0. The Morgan fingerprint density at radius 2 is 0.628 bits per heavy atom. The lowest BCUT2D eigenvalue weighted by molar-refractivity contribution is -0.246. The Hall–Kier alpha value is -3.39. The number of esters is 4. The van der Waals surface area contributed by atoms with Gasteiger partial charge in [-0.2, -0.15) is 0 Å². The molecule has 0 aliphatic carbocycles. The van der Waals surface area contributed by atoms with Gasteiger partial charge in [-0.3, -0.25) is 33.3 Å². The molecule has 2 amide bonds. The first-order chi connectivity index (χ1) is 58.4. The number of phosphoric acid groups is 1. The van der Waals surface area contributed by atoms with Crippen LogP contribution >= 0.6 is 7.82 Å². The summed E-state index contributed by atoms with van der Waals surface area (Å²) in [7, 11) is -5.28. The smallest absolute Gasteiger partial charge is 0.463 e. The molecule has 12 atom stereocenters. The Labute approximate surface area is 735 Å². The number of aliphatic hydroxyl groups is 5. The normalized spacial score (nSPS) is 14.9. The van der Waals surface area contributed by atoms with Gasteiger partial charge in [0.25, 0.3) is 0 Å². The van der Waals surface area contributed by atoms with Gasteiger partial charge in [-0.05, 0) is 65.2 Å². The van der Waals surface area contributed by atoms with Gasteiger partial charge < -0.3 is 79.1 Å². The summed E-state index contributed by atoms with van der Waals surface area (Å²) in [4.78, 5) is 104. The van der Waals surface area contributed by atoms with E-state index >= 15 is 0 Å². The van der Waals surface area contributed by atoms with Crippen molar-refractivity contribution in [3.05, 3.63) is 0 Å². The van der Waals surface area contributed by atoms with E-state index in [-0.39, 0.29) is 38.5 Å². The van der Waals surface area contributed by atoms with Gasteiger partial charge >= 0.3 is 31.7 Å². The Morgan fingerprint density at radius 1 is 0.331 bits per heavy atom. The van der Waals surface area contributed by atoms with Gasteiger partial charge in [0.15, 0.2) is 12.6 Å². The minimum atomic E-state index is -5.28. The van der Waals surface area contributed by atoms with Gasteiger partial charge in [0, 0.05) is 12.8 Å². The lowest BCUT2D eigenvalue weighted by atomic mass is 10.0. The Morgan fingerprint density at radius 3 is 0.975 bits per heavy atom. The number of aliphatic hydroxyl groups excluding tert-OH is 5. The molecule has 0 bridgehead atoms. The minimum absolute atomic E-state index is 0.145. The highest BCUT2D eigenvalue weighted by Crippen LogP contribution is 2.39. The quantitative estimate of drug-likeness (QED) is 0.00898. The van der Waals surface area contributed by atoms with Crippen molar-refractivity contribution in [2.45, 2.75) is 553 Å². The van der Waals surface area contributed by atoms with Gasteiger partial charge in [-0.15, -0.1) is 0 Å². The third kappa shape index (κ3) is 75.3. The van der Waals surface area contributed by atoms with Crippen LogP contribution in [0, 0.1) is 0 Å². The fraction of sp³-hybridized carbons (Fsp3) is 0.938. The molecule has 0 spiro atoms. The summed E-state index contributed by atoms with van der Waals surface area (Å²) in [5.74, 6) is -4.00. The molecule has 0 radical (unpaired) electrons. The third-order valence-electron chi connectivity index (χ3n) is 23.0. The van der Waals surface area contributed by atoms with E-state index in [0.717, 1.165) is 180 Å². The van der Waals surface area contributed by atoms with Crippen LogP contribution in [0.1, 0.15) is 479 Å². The number of amides is 2. The predicted molar refractivity (Wildman–Crippen MR) is 483 cm³/mol. The van der Waals surface area contributed by atoms with E-state index in [2.05, 4.69) is 52.2 Å². The fourth-order valence-corrected chi connectivity index (χ4v) is 15.9. The molecule has 0 saturated heterocycles. The monoisotopic (exact) mass is 1750 g/mol. The molecule has 0 fully saturated rings. The van der Waals surface area contributed by atoms with Gasteiger partial charge in [0.1, 0.15) is 49.7 Å². The van der Waals surface area contributed by atoms with Crippen LogP contribution in [0.5, 0.6) is 0 Å². The maximum atomic E-state index is 15.0. The molecular formula is C96H185N2O22P. The van der Waals surface area contributed by atoms with Crippen molar-refractivity contribution in [3.8, 4) is 0 Å². The van der Waals surface area contributed by atoms with E-state index in [1.807, 2.05) is 0 Å². The highest BCUT2D eigenvalue weighted by atomic mass is 31.2. The van der Waals surface area contributed by atoms with Crippen molar-refractivity contribution in [1.82, 2.24) is 10.6 Å². The Kier molecular flexibility index (Phi) is 81.2. The van der Waals surface area contributed by atoms with Gasteiger partial charge in [-0.25, -0.2) is 4.57 Å². The van der Waals surface area contributed by atoms with E-state index in [4.69, 9.17) is 37.7 Å². The second-order valence-electron chi connectivity index (χ2n) is 35.1. The number of carbonyl (C=O) groups is 6. The summed E-state index contributed by atoms with van der Waals surface area (Å²) in [6, 6.07) is -3.16. The lowest BCUT2D eigenvalue weighted by Crippen LogP contribution is -2.54. The molecule has 0 aromatic carbocycles. The molecule has 9 N–H and O–H groups in total. The van der Waals surface area contributed by atoms with Crippen molar-refractivity contribution < 1.29 is 106 Å². The van der Waals surface area contributed by atoms with Crippen LogP contribution in [0.2, 0.25) is 0 Å². The topological polar surface area (TPSA) is 359 Å². The Bertz CT molecular complexity index is 2450. The number of hydrogen-bond acceptors (Lipinski definition) is 20. The summed E-state index contributed by atoms with van der Waals surface area (Å²) in [5, 5.41) is 62.1. The van der Waals surface area contributed by atoms with Gasteiger partial charge in [0.2, 0.25) is 11.8 Å². The zero-order chi connectivity index (χ0) is 89.5. The molecule has 3 unspecified atom stereocenters. The molecule has 0 aliphatic heterocycles. The van der Waals surface area contributed by atoms with Crippen LogP contribution in [0.15, 0.2) is 0 Å². The number of nitrogens with one attached hydrogen (secondary N) is 2. The van der Waals surface area contributed by atoms with Crippen molar-refractivity contribution in [1.29, 1.82) is 0 Å². The van der Waals surface area contributed by atoms with Crippen LogP contribution in [-0.2, 0) is 71.0 Å².